The van der Waals surface area contributed by atoms with Crippen LogP contribution in [0.4, 0.5) is 4.39 Å². The van der Waals surface area contributed by atoms with Gasteiger partial charge in [0.15, 0.2) is 0 Å². The van der Waals surface area contributed by atoms with Gasteiger partial charge >= 0.3 is 0 Å². The Morgan fingerprint density at radius 1 is 1.15 bits per heavy atom. The van der Waals surface area contributed by atoms with Crippen molar-refractivity contribution in [1.82, 2.24) is 15.8 Å². The molecule has 7 nitrogen and oxygen atoms in total. The van der Waals surface area contributed by atoms with Gasteiger partial charge in [0.1, 0.15) is 22.8 Å². The number of aryl methyl sites for hydroxylation is 1. The van der Waals surface area contributed by atoms with Gasteiger partial charge in [-0.25, -0.2) is 4.39 Å². The van der Waals surface area contributed by atoms with Crippen molar-refractivity contribution in [2.24, 2.45) is 5.92 Å². The summed E-state index contributed by atoms with van der Waals surface area (Å²) in [6.07, 6.45) is 3.39. The third kappa shape index (κ3) is 4.99. The molecular weight excluding hydrogens is 435 g/mol. The highest BCUT2D eigenvalue weighted by molar-refractivity contribution is 6.01. The minimum atomic E-state index is -0.645. The molecule has 174 valence electrons. The summed E-state index contributed by atoms with van der Waals surface area (Å²) < 4.78 is 19.8. The van der Waals surface area contributed by atoms with Crippen molar-refractivity contribution in [3.05, 3.63) is 76.8 Å². The van der Waals surface area contributed by atoms with E-state index in [2.05, 4.69) is 15.8 Å². The van der Waals surface area contributed by atoms with Crippen LogP contribution in [0.15, 0.2) is 53.1 Å². The lowest BCUT2D eigenvalue weighted by atomic mass is 9.85. The molecule has 0 saturated heterocycles. The molecular formula is C26H25FN4O3. The van der Waals surface area contributed by atoms with E-state index in [1.54, 1.807) is 19.1 Å². The number of carbonyl (C=O) groups is 2. The van der Waals surface area contributed by atoms with Crippen molar-refractivity contribution in [3.63, 3.8) is 0 Å². The molecule has 1 saturated carbocycles. The number of halogens is 1. The fourth-order valence-electron chi connectivity index (χ4n) is 4.46. The van der Waals surface area contributed by atoms with Crippen LogP contribution in [0.3, 0.4) is 0 Å². The number of hydrogen-bond acceptors (Lipinski definition) is 5. The Kier molecular flexibility index (Phi) is 7.02. The molecule has 0 bridgehead atoms. The van der Waals surface area contributed by atoms with Gasteiger partial charge in [-0.1, -0.05) is 35.8 Å². The average Bonchev–Trinajstić information content (AvgIpc) is 3.24. The van der Waals surface area contributed by atoms with Gasteiger partial charge in [0.05, 0.1) is 17.2 Å². The van der Waals surface area contributed by atoms with Crippen LogP contribution < -0.4 is 10.6 Å². The Morgan fingerprint density at radius 3 is 2.71 bits per heavy atom. The minimum Gasteiger partial charge on any atom is -0.360 e. The van der Waals surface area contributed by atoms with Crippen molar-refractivity contribution >= 4 is 11.8 Å². The van der Waals surface area contributed by atoms with E-state index in [1.165, 1.54) is 18.2 Å². The Bertz CT molecular complexity index is 1230. The highest BCUT2D eigenvalue weighted by Gasteiger charge is 2.29. The van der Waals surface area contributed by atoms with Crippen LogP contribution in [0, 0.1) is 30.0 Å². The predicted molar refractivity (Wildman–Crippen MR) is 123 cm³/mol. The average molecular weight is 461 g/mol. The first-order valence-electron chi connectivity index (χ1n) is 11.3. The summed E-state index contributed by atoms with van der Waals surface area (Å²) in [5, 5.41) is 19.3. The number of benzene rings is 2. The number of nitriles is 1. The van der Waals surface area contributed by atoms with Crippen LogP contribution in [0.5, 0.6) is 0 Å². The molecule has 2 amide bonds. The van der Waals surface area contributed by atoms with Crippen LogP contribution in [0.25, 0.3) is 11.3 Å². The van der Waals surface area contributed by atoms with Gasteiger partial charge in [0.25, 0.3) is 11.8 Å². The van der Waals surface area contributed by atoms with Crippen LogP contribution >= 0.6 is 0 Å². The summed E-state index contributed by atoms with van der Waals surface area (Å²) >= 11 is 0. The van der Waals surface area contributed by atoms with Crippen LogP contribution in [-0.2, 0) is 0 Å². The zero-order valence-corrected chi connectivity index (χ0v) is 18.8. The number of carbonyl (C=O) groups excluding carboxylic acids is 2. The first-order valence-corrected chi connectivity index (χ1v) is 11.3. The Balaban J connectivity index is 1.43. The van der Waals surface area contributed by atoms with Crippen LogP contribution in [-0.4, -0.2) is 29.6 Å². The normalized spacial score (nSPS) is 17.6. The maximum absolute atomic E-state index is 14.6. The molecule has 3 aromatic rings. The fourth-order valence-corrected chi connectivity index (χ4v) is 4.46. The summed E-state index contributed by atoms with van der Waals surface area (Å²) in [6.45, 7) is 2.11. The van der Waals surface area contributed by atoms with E-state index in [-0.39, 0.29) is 46.0 Å². The first kappa shape index (κ1) is 23.2. The second kappa shape index (κ2) is 10.3. The molecule has 1 aliphatic carbocycles. The summed E-state index contributed by atoms with van der Waals surface area (Å²) in [6, 6.07) is 15.0. The van der Waals surface area contributed by atoms with Gasteiger partial charge in [-0.15, -0.1) is 0 Å². The van der Waals surface area contributed by atoms with E-state index < -0.39 is 11.7 Å². The van der Waals surface area contributed by atoms with Crippen molar-refractivity contribution in [2.75, 3.05) is 6.54 Å². The van der Waals surface area contributed by atoms with Crippen molar-refractivity contribution in [2.45, 2.75) is 38.6 Å². The van der Waals surface area contributed by atoms with Crippen LogP contribution in [0.2, 0.25) is 0 Å². The quantitative estimate of drug-likeness (QED) is 0.568. The third-order valence-electron chi connectivity index (χ3n) is 6.17. The summed E-state index contributed by atoms with van der Waals surface area (Å²) in [4.78, 5) is 25.5. The fraction of sp³-hybridized carbons (Fsp3) is 0.308. The predicted octanol–water partition coefficient (Wildman–Crippen LogP) is 4.38. The highest BCUT2D eigenvalue weighted by atomic mass is 19.1. The summed E-state index contributed by atoms with van der Waals surface area (Å²) in [5.74, 6) is -0.698. The molecule has 2 unspecified atom stereocenters. The second-order valence-electron chi connectivity index (χ2n) is 8.52. The van der Waals surface area contributed by atoms with Gasteiger partial charge in [0.2, 0.25) is 0 Å². The van der Waals surface area contributed by atoms with Crippen molar-refractivity contribution < 1.29 is 18.5 Å². The molecule has 1 aliphatic rings. The van der Waals surface area contributed by atoms with Gasteiger partial charge < -0.3 is 15.2 Å². The lowest BCUT2D eigenvalue weighted by Gasteiger charge is -2.30. The molecule has 8 heteroatoms. The van der Waals surface area contributed by atoms with E-state index >= 15 is 0 Å². The highest BCUT2D eigenvalue weighted by Crippen LogP contribution is 2.31. The van der Waals surface area contributed by atoms with Crippen molar-refractivity contribution in [1.29, 1.82) is 5.26 Å². The van der Waals surface area contributed by atoms with Gasteiger partial charge in [-0.2, -0.15) is 5.26 Å². The third-order valence-corrected chi connectivity index (χ3v) is 6.17. The van der Waals surface area contributed by atoms with E-state index in [0.717, 1.165) is 19.3 Å². The molecule has 2 atom stereocenters. The SMILES string of the molecule is Cc1onc(-c2c(F)cccc2C#N)c1C(=O)NC1CCCC(CNC(=O)c2ccccc2)C1. The first-order chi connectivity index (χ1) is 16.5. The topological polar surface area (TPSA) is 108 Å². The smallest absolute Gasteiger partial charge is 0.257 e. The molecule has 0 radical (unpaired) electrons. The molecule has 4 rings (SSSR count). The van der Waals surface area contributed by atoms with Crippen LogP contribution in [0.1, 0.15) is 57.7 Å². The Hall–Kier alpha value is -3.99. The molecule has 1 fully saturated rings. The van der Waals surface area contributed by atoms with E-state index in [0.29, 0.717) is 18.5 Å². The lowest BCUT2D eigenvalue weighted by Crippen LogP contribution is -2.41. The summed E-state index contributed by atoms with van der Waals surface area (Å²) in [5.41, 5.74) is 0.795. The zero-order chi connectivity index (χ0) is 24.1. The molecule has 2 N–H and O–H groups in total. The monoisotopic (exact) mass is 460 g/mol. The van der Waals surface area contributed by atoms with Crippen molar-refractivity contribution in [3.8, 4) is 17.3 Å². The molecule has 0 spiro atoms. The van der Waals surface area contributed by atoms with E-state index in [9.17, 15) is 19.2 Å². The largest absolute Gasteiger partial charge is 0.360 e. The number of nitrogens with zero attached hydrogens (tertiary/aromatic N) is 2. The molecule has 1 heterocycles. The number of amides is 2. The molecule has 0 aliphatic heterocycles. The molecule has 34 heavy (non-hydrogen) atoms. The number of hydrogen-bond donors (Lipinski definition) is 2. The van der Waals surface area contributed by atoms with Gasteiger partial charge in [-0.05, 0) is 56.4 Å². The number of rotatable bonds is 6. The number of nitrogens with one attached hydrogen (secondary N) is 2. The standard InChI is InChI=1S/C26H25FN4O3/c1-16-22(24(31-34-16)23-19(14-28)10-6-12-21(23)27)26(33)30-20-11-5-7-17(13-20)15-29-25(32)18-8-3-2-4-9-18/h2-4,6,8-10,12,17,20H,5,7,11,13,15H2,1H3,(H,29,32)(H,30,33). The van der Waals surface area contributed by atoms with E-state index in [4.69, 9.17) is 4.52 Å². The van der Waals surface area contributed by atoms with Gasteiger partial charge in [0, 0.05) is 18.2 Å². The Labute approximate surface area is 197 Å². The zero-order valence-electron chi connectivity index (χ0n) is 18.8. The maximum atomic E-state index is 14.6. The molecule has 2 aromatic carbocycles. The maximum Gasteiger partial charge on any atom is 0.257 e. The lowest BCUT2D eigenvalue weighted by molar-refractivity contribution is 0.0901. The number of aromatic nitrogens is 1. The minimum absolute atomic E-state index is 0.0205. The summed E-state index contributed by atoms with van der Waals surface area (Å²) in [7, 11) is 0. The molecule has 1 aromatic heterocycles. The van der Waals surface area contributed by atoms with E-state index in [1.807, 2.05) is 24.3 Å². The van der Waals surface area contributed by atoms with Gasteiger partial charge in [-0.3, -0.25) is 9.59 Å². The second-order valence-corrected chi connectivity index (χ2v) is 8.52. The Morgan fingerprint density at radius 2 is 1.94 bits per heavy atom.